The van der Waals surface area contributed by atoms with Gasteiger partial charge in [-0.25, -0.2) is 0 Å². The first kappa shape index (κ1) is 17.2. The molecule has 1 heterocycles. The van der Waals surface area contributed by atoms with Crippen molar-refractivity contribution in [3.8, 4) is 0 Å². The molecule has 0 aromatic heterocycles. The molecule has 0 unspecified atom stereocenters. The highest BCUT2D eigenvalue weighted by Gasteiger charge is 2.46. The van der Waals surface area contributed by atoms with Crippen LogP contribution in [0.3, 0.4) is 0 Å². The minimum Gasteiger partial charge on any atom is -0.348 e. The van der Waals surface area contributed by atoms with Crippen molar-refractivity contribution in [3.63, 3.8) is 0 Å². The lowest BCUT2D eigenvalue weighted by Gasteiger charge is -2.44. The van der Waals surface area contributed by atoms with Crippen molar-refractivity contribution in [2.75, 3.05) is 13.2 Å². The molecular formula is C19H28O3. The summed E-state index contributed by atoms with van der Waals surface area (Å²) in [5.41, 5.74) is 1.47. The van der Waals surface area contributed by atoms with Crippen LogP contribution in [0.1, 0.15) is 57.9 Å². The SMILES string of the molecule is CC.O=CCCC1(c2ccccc2)CCC2(CC1)OCCO2. The third-order valence-electron chi connectivity index (χ3n) is 4.91. The third-order valence-corrected chi connectivity index (χ3v) is 4.91. The molecule has 22 heavy (non-hydrogen) atoms. The molecule has 3 rings (SSSR count). The molecular weight excluding hydrogens is 276 g/mol. The zero-order valence-electron chi connectivity index (χ0n) is 13.8. The van der Waals surface area contributed by atoms with Gasteiger partial charge in [0.2, 0.25) is 0 Å². The summed E-state index contributed by atoms with van der Waals surface area (Å²) in [6.45, 7) is 5.43. The Bertz CT molecular complexity index is 439. The number of ether oxygens (including phenoxy) is 2. The highest BCUT2D eigenvalue weighted by molar-refractivity contribution is 5.49. The van der Waals surface area contributed by atoms with E-state index < -0.39 is 0 Å². The van der Waals surface area contributed by atoms with E-state index in [0.29, 0.717) is 19.6 Å². The average Bonchev–Trinajstić information content (AvgIpc) is 3.06. The number of carbonyl (C=O) groups excluding carboxylic acids is 1. The molecule has 0 N–H and O–H groups in total. The molecule has 1 aromatic carbocycles. The lowest BCUT2D eigenvalue weighted by molar-refractivity contribution is -0.185. The molecule has 0 radical (unpaired) electrons. The maximum atomic E-state index is 10.8. The summed E-state index contributed by atoms with van der Waals surface area (Å²) in [5.74, 6) is -0.334. The first-order valence-electron chi connectivity index (χ1n) is 8.56. The normalized spacial score (nSPS) is 21.9. The first-order chi connectivity index (χ1) is 10.8. The van der Waals surface area contributed by atoms with E-state index >= 15 is 0 Å². The Labute approximate surface area is 134 Å². The van der Waals surface area contributed by atoms with Crippen molar-refractivity contribution in [2.45, 2.75) is 63.6 Å². The molecule has 2 aliphatic rings. The van der Waals surface area contributed by atoms with Crippen molar-refractivity contribution in [3.05, 3.63) is 35.9 Å². The number of hydrogen-bond donors (Lipinski definition) is 0. The van der Waals surface area contributed by atoms with Gasteiger partial charge in [0.1, 0.15) is 6.29 Å². The van der Waals surface area contributed by atoms with E-state index in [2.05, 4.69) is 24.3 Å². The van der Waals surface area contributed by atoms with E-state index in [9.17, 15) is 4.79 Å². The topological polar surface area (TPSA) is 35.5 Å². The first-order valence-corrected chi connectivity index (χ1v) is 8.56. The molecule has 1 spiro atoms. The van der Waals surface area contributed by atoms with Crippen LogP contribution in [0.5, 0.6) is 0 Å². The van der Waals surface area contributed by atoms with E-state index in [0.717, 1.165) is 38.4 Å². The predicted molar refractivity (Wildman–Crippen MR) is 87.9 cm³/mol. The molecule has 1 saturated carbocycles. The van der Waals surface area contributed by atoms with E-state index in [4.69, 9.17) is 9.47 Å². The van der Waals surface area contributed by atoms with E-state index in [-0.39, 0.29) is 11.2 Å². The van der Waals surface area contributed by atoms with Crippen molar-refractivity contribution in [1.29, 1.82) is 0 Å². The fraction of sp³-hybridized carbons (Fsp3) is 0.632. The summed E-state index contributed by atoms with van der Waals surface area (Å²) in [7, 11) is 0. The maximum absolute atomic E-state index is 10.8. The van der Waals surface area contributed by atoms with Gasteiger partial charge < -0.3 is 14.3 Å². The standard InChI is InChI=1S/C17H22O3.C2H6/c18-12-4-7-16(15-5-2-1-3-6-15)8-10-17(11-9-16)19-13-14-20-17;1-2/h1-3,5-6,12H,4,7-11,13-14H2;1-2H3. The summed E-state index contributed by atoms with van der Waals surface area (Å²) in [6.07, 6.45) is 6.52. The van der Waals surface area contributed by atoms with Gasteiger partial charge in [-0.05, 0) is 30.2 Å². The second-order valence-corrected chi connectivity index (χ2v) is 5.96. The van der Waals surface area contributed by atoms with Crippen LogP contribution >= 0.6 is 0 Å². The van der Waals surface area contributed by atoms with Crippen molar-refractivity contribution in [2.24, 2.45) is 0 Å². The Hall–Kier alpha value is -1.19. The van der Waals surface area contributed by atoms with Crippen LogP contribution in [-0.4, -0.2) is 25.3 Å². The molecule has 122 valence electrons. The van der Waals surface area contributed by atoms with E-state index in [1.165, 1.54) is 5.56 Å². The van der Waals surface area contributed by atoms with Gasteiger partial charge in [0.25, 0.3) is 0 Å². The molecule has 0 atom stereocenters. The van der Waals surface area contributed by atoms with Crippen molar-refractivity contribution >= 4 is 6.29 Å². The second kappa shape index (κ2) is 7.89. The van der Waals surface area contributed by atoms with Crippen molar-refractivity contribution in [1.82, 2.24) is 0 Å². The van der Waals surface area contributed by atoms with Gasteiger partial charge >= 0.3 is 0 Å². The summed E-state index contributed by atoms with van der Waals surface area (Å²) in [6, 6.07) is 10.6. The zero-order valence-corrected chi connectivity index (χ0v) is 13.8. The molecule has 3 heteroatoms. The lowest BCUT2D eigenvalue weighted by Crippen LogP contribution is -2.42. The molecule has 1 saturated heterocycles. The van der Waals surface area contributed by atoms with Crippen LogP contribution in [0, 0.1) is 0 Å². The summed E-state index contributed by atoms with van der Waals surface area (Å²) in [5, 5.41) is 0. The molecule has 1 aromatic rings. The van der Waals surface area contributed by atoms with Crippen molar-refractivity contribution < 1.29 is 14.3 Å². The number of benzene rings is 1. The molecule has 0 amide bonds. The number of aldehydes is 1. The number of rotatable bonds is 4. The Kier molecular flexibility index (Phi) is 6.16. The Morgan fingerprint density at radius 2 is 1.59 bits per heavy atom. The molecule has 2 fully saturated rings. The predicted octanol–water partition coefficient (Wildman–Crippen LogP) is 4.25. The summed E-state index contributed by atoms with van der Waals surface area (Å²) in [4.78, 5) is 10.8. The van der Waals surface area contributed by atoms with Crippen LogP contribution in [0.2, 0.25) is 0 Å². The van der Waals surface area contributed by atoms with Gasteiger partial charge in [-0.1, -0.05) is 44.2 Å². The van der Waals surface area contributed by atoms with Crippen LogP contribution in [0.15, 0.2) is 30.3 Å². The fourth-order valence-electron chi connectivity index (χ4n) is 3.71. The molecule has 0 bridgehead atoms. The van der Waals surface area contributed by atoms with E-state index in [1.807, 2.05) is 19.9 Å². The minimum atomic E-state index is -0.334. The van der Waals surface area contributed by atoms with Gasteiger partial charge in [0.05, 0.1) is 13.2 Å². The van der Waals surface area contributed by atoms with Gasteiger partial charge in [0, 0.05) is 19.3 Å². The highest BCUT2D eigenvalue weighted by atomic mass is 16.7. The van der Waals surface area contributed by atoms with E-state index in [1.54, 1.807) is 0 Å². The molecule has 3 nitrogen and oxygen atoms in total. The zero-order chi connectivity index (χ0) is 15.9. The average molecular weight is 304 g/mol. The number of hydrogen-bond acceptors (Lipinski definition) is 3. The van der Waals surface area contributed by atoms with Gasteiger partial charge in [-0.3, -0.25) is 0 Å². The van der Waals surface area contributed by atoms with Gasteiger partial charge in [-0.2, -0.15) is 0 Å². The minimum absolute atomic E-state index is 0.114. The van der Waals surface area contributed by atoms with Crippen LogP contribution < -0.4 is 0 Å². The van der Waals surface area contributed by atoms with Crippen LogP contribution in [-0.2, 0) is 19.7 Å². The third kappa shape index (κ3) is 3.58. The van der Waals surface area contributed by atoms with Gasteiger partial charge in [0.15, 0.2) is 5.79 Å². The Morgan fingerprint density at radius 3 is 2.14 bits per heavy atom. The second-order valence-electron chi connectivity index (χ2n) is 5.96. The van der Waals surface area contributed by atoms with Crippen LogP contribution in [0.25, 0.3) is 0 Å². The monoisotopic (exact) mass is 304 g/mol. The highest BCUT2D eigenvalue weighted by Crippen LogP contribution is 2.48. The van der Waals surface area contributed by atoms with Crippen LogP contribution in [0.4, 0.5) is 0 Å². The molecule has 1 aliphatic heterocycles. The quantitative estimate of drug-likeness (QED) is 0.780. The largest absolute Gasteiger partial charge is 0.348 e. The summed E-state index contributed by atoms with van der Waals surface area (Å²) < 4.78 is 11.6. The lowest BCUT2D eigenvalue weighted by atomic mass is 9.65. The van der Waals surface area contributed by atoms with Gasteiger partial charge in [-0.15, -0.1) is 0 Å². The maximum Gasteiger partial charge on any atom is 0.168 e. The summed E-state index contributed by atoms with van der Waals surface area (Å²) >= 11 is 0. The Morgan fingerprint density at radius 1 is 1.00 bits per heavy atom. The number of carbonyl (C=O) groups is 1. The Balaban J connectivity index is 0.000000847. The molecule has 1 aliphatic carbocycles. The fourth-order valence-corrected chi connectivity index (χ4v) is 3.71. The smallest absolute Gasteiger partial charge is 0.168 e.